The highest BCUT2D eigenvalue weighted by Crippen LogP contribution is 2.37. The van der Waals surface area contributed by atoms with E-state index in [2.05, 4.69) is 89.9 Å². The van der Waals surface area contributed by atoms with Crippen LogP contribution in [0.1, 0.15) is 0 Å². The zero-order chi connectivity index (χ0) is 16.4. The molecule has 116 valence electrons. The SMILES string of the molecule is c1ccc2c(c1)ccc1c2ccc2ccc3c4ccccc4[nH]c3c21. The number of aromatic amines is 1. The van der Waals surface area contributed by atoms with E-state index in [0.717, 1.165) is 0 Å². The third kappa shape index (κ3) is 1.67. The van der Waals surface area contributed by atoms with Crippen LogP contribution < -0.4 is 0 Å². The van der Waals surface area contributed by atoms with E-state index in [1.54, 1.807) is 0 Å². The minimum atomic E-state index is 1.20. The van der Waals surface area contributed by atoms with Crippen molar-refractivity contribution in [3.05, 3.63) is 84.9 Å². The van der Waals surface area contributed by atoms with Gasteiger partial charge in [0.05, 0.1) is 5.52 Å². The summed E-state index contributed by atoms with van der Waals surface area (Å²) >= 11 is 0. The first-order valence-electron chi connectivity index (χ1n) is 8.64. The molecule has 5 aromatic carbocycles. The van der Waals surface area contributed by atoms with Crippen LogP contribution >= 0.6 is 0 Å². The van der Waals surface area contributed by atoms with E-state index in [1.165, 1.54) is 54.1 Å². The highest BCUT2D eigenvalue weighted by molar-refractivity contribution is 6.27. The van der Waals surface area contributed by atoms with Crippen molar-refractivity contribution >= 4 is 54.1 Å². The lowest BCUT2D eigenvalue weighted by molar-refractivity contribution is 1.57. The molecule has 0 saturated heterocycles. The molecule has 25 heavy (non-hydrogen) atoms. The molecule has 1 heteroatoms. The molecular weight excluding hydrogens is 302 g/mol. The molecule has 0 unspecified atom stereocenters. The number of fused-ring (bicyclic) bond motifs is 9. The first kappa shape index (κ1) is 13.0. The molecule has 0 fully saturated rings. The van der Waals surface area contributed by atoms with Crippen molar-refractivity contribution in [3.8, 4) is 0 Å². The largest absolute Gasteiger partial charge is 0.354 e. The third-order valence-electron chi connectivity index (χ3n) is 5.38. The maximum Gasteiger partial charge on any atom is 0.0550 e. The number of benzene rings is 5. The van der Waals surface area contributed by atoms with Gasteiger partial charge in [0, 0.05) is 21.7 Å². The second-order valence-electron chi connectivity index (χ2n) is 6.70. The molecule has 0 saturated carbocycles. The summed E-state index contributed by atoms with van der Waals surface area (Å²) in [5.74, 6) is 0. The lowest BCUT2D eigenvalue weighted by Crippen LogP contribution is -1.82. The van der Waals surface area contributed by atoms with E-state index >= 15 is 0 Å². The average molecular weight is 317 g/mol. The van der Waals surface area contributed by atoms with Gasteiger partial charge >= 0.3 is 0 Å². The van der Waals surface area contributed by atoms with Gasteiger partial charge in [-0.05, 0) is 33.0 Å². The minimum absolute atomic E-state index is 1.20. The van der Waals surface area contributed by atoms with Gasteiger partial charge in [-0.3, -0.25) is 0 Å². The van der Waals surface area contributed by atoms with E-state index in [0.29, 0.717) is 0 Å². The maximum absolute atomic E-state index is 3.66. The Balaban J connectivity index is 1.92. The second kappa shape index (κ2) is 4.61. The van der Waals surface area contributed by atoms with Crippen LogP contribution in [0.25, 0.3) is 54.1 Å². The van der Waals surface area contributed by atoms with Gasteiger partial charge in [0.2, 0.25) is 0 Å². The summed E-state index contributed by atoms with van der Waals surface area (Å²) in [4.78, 5) is 3.66. The summed E-state index contributed by atoms with van der Waals surface area (Å²) in [6.45, 7) is 0. The molecule has 0 aliphatic heterocycles. The molecule has 1 N–H and O–H groups in total. The van der Waals surface area contributed by atoms with Crippen LogP contribution in [0, 0.1) is 0 Å². The molecule has 0 atom stereocenters. The highest BCUT2D eigenvalue weighted by atomic mass is 14.7. The van der Waals surface area contributed by atoms with Crippen molar-refractivity contribution in [2.75, 3.05) is 0 Å². The summed E-state index contributed by atoms with van der Waals surface area (Å²) in [6, 6.07) is 30.7. The Kier molecular flexibility index (Phi) is 2.40. The summed E-state index contributed by atoms with van der Waals surface area (Å²) < 4.78 is 0. The van der Waals surface area contributed by atoms with Crippen LogP contribution in [0.3, 0.4) is 0 Å². The molecule has 0 amide bonds. The Hall–Kier alpha value is -3.32. The van der Waals surface area contributed by atoms with Crippen LogP contribution in [0.4, 0.5) is 0 Å². The lowest BCUT2D eigenvalue weighted by Gasteiger charge is -2.08. The second-order valence-corrected chi connectivity index (χ2v) is 6.70. The van der Waals surface area contributed by atoms with Gasteiger partial charge in [0.1, 0.15) is 0 Å². The molecule has 0 aliphatic rings. The molecule has 6 rings (SSSR count). The molecule has 0 bridgehead atoms. The van der Waals surface area contributed by atoms with Crippen LogP contribution in [0.5, 0.6) is 0 Å². The fourth-order valence-electron chi connectivity index (χ4n) is 4.23. The van der Waals surface area contributed by atoms with Crippen molar-refractivity contribution in [2.24, 2.45) is 0 Å². The Bertz CT molecular complexity index is 1440. The number of H-pyrrole nitrogens is 1. The predicted octanol–water partition coefficient (Wildman–Crippen LogP) is 6.78. The van der Waals surface area contributed by atoms with Crippen molar-refractivity contribution in [2.45, 2.75) is 0 Å². The predicted molar refractivity (Wildman–Crippen MR) is 108 cm³/mol. The minimum Gasteiger partial charge on any atom is -0.354 e. The summed E-state index contributed by atoms with van der Waals surface area (Å²) in [6.07, 6.45) is 0. The number of para-hydroxylation sites is 1. The first-order valence-corrected chi connectivity index (χ1v) is 8.64. The first-order chi connectivity index (χ1) is 12.4. The number of hydrogen-bond donors (Lipinski definition) is 1. The van der Waals surface area contributed by atoms with Crippen LogP contribution in [-0.2, 0) is 0 Å². The number of hydrogen-bond acceptors (Lipinski definition) is 0. The Morgan fingerprint density at radius 1 is 0.440 bits per heavy atom. The zero-order valence-electron chi connectivity index (χ0n) is 13.6. The standard InChI is InChI=1S/C24H15N/c1-2-6-17-15(5-1)9-13-20-18(17)12-10-16-11-14-21-19-7-3-4-8-22(19)25-24(21)23(16)20/h1-14,25H. The van der Waals surface area contributed by atoms with Crippen LogP contribution in [0.15, 0.2) is 84.9 Å². The van der Waals surface area contributed by atoms with Gasteiger partial charge in [-0.1, -0.05) is 78.9 Å². The average Bonchev–Trinajstić information content (AvgIpc) is 3.06. The van der Waals surface area contributed by atoms with Gasteiger partial charge in [-0.2, -0.15) is 0 Å². The zero-order valence-corrected chi connectivity index (χ0v) is 13.6. The summed E-state index contributed by atoms with van der Waals surface area (Å²) in [5.41, 5.74) is 2.43. The Morgan fingerprint density at radius 2 is 1.12 bits per heavy atom. The van der Waals surface area contributed by atoms with Crippen molar-refractivity contribution < 1.29 is 0 Å². The Labute approximate surface area is 144 Å². The fourth-order valence-corrected chi connectivity index (χ4v) is 4.23. The Morgan fingerprint density at radius 3 is 2.04 bits per heavy atom. The normalized spacial score (nSPS) is 12.0. The van der Waals surface area contributed by atoms with Crippen molar-refractivity contribution in [1.82, 2.24) is 4.98 Å². The molecule has 0 spiro atoms. The fraction of sp³-hybridized carbons (Fsp3) is 0. The maximum atomic E-state index is 3.66. The molecule has 0 radical (unpaired) electrons. The third-order valence-corrected chi connectivity index (χ3v) is 5.38. The van der Waals surface area contributed by atoms with E-state index in [9.17, 15) is 0 Å². The van der Waals surface area contributed by atoms with Gasteiger partial charge < -0.3 is 4.98 Å². The van der Waals surface area contributed by atoms with Gasteiger partial charge in [-0.15, -0.1) is 0 Å². The van der Waals surface area contributed by atoms with Gasteiger partial charge in [0.15, 0.2) is 0 Å². The molecular formula is C24H15N. The molecule has 0 aliphatic carbocycles. The van der Waals surface area contributed by atoms with Crippen LogP contribution in [0.2, 0.25) is 0 Å². The van der Waals surface area contributed by atoms with E-state index in [-0.39, 0.29) is 0 Å². The topological polar surface area (TPSA) is 15.8 Å². The highest BCUT2D eigenvalue weighted by Gasteiger charge is 2.11. The molecule has 1 nitrogen and oxygen atoms in total. The molecule has 1 aromatic heterocycles. The van der Waals surface area contributed by atoms with Crippen LogP contribution in [-0.4, -0.2) is 4.98 Å². The van der Waals surface area contributed by atoms with Gasteiger partial charge in [-0.25, -0.2) is 0 Å². The van der Waals surface area contributed by atoms with E-state index in [1.807, 2.05) is 0 Å². The summed E-state index contributed by atoms with van der Waals surface area (Å²) in [5, 5.41) is 10.4. The van der Waals surface area contributed by atoms with Crippen molar-refractivity contribution in [1.29, 1.82) is 0 Å². The number of aromatic nitrogens is 1. The smallest absolute Gasteiger partial charge is 0.0550 e. The number of rotatable bonds is 0. The molecule has 1 heterocycles. The monoisotopic (exact) mass is 317 g/mol. The van der Waals surface area contributed by atoms with Gasteiger partial charge in [0.25, 0.3) is 0 Å². The summed E-state index contributed by atoms with van der Waals surface area (Å²) in [7, 11) is 0. The molecule has 6 aromatic rings. The van der Waals surface area contributed by atoms with E-state index < -0.39 is 0 Å². The quantitative estimate of drug-likeness (QED) is 0.297. The van der Waals surface area contributed by atoms with E-state index in [4.69, 9.17) is 0 Å². The number of nitrogens with one attached hydrogen (secondary N) is 1. The van der Waals surface area contributed by atoms with Crippen molar-refractivity contribution in [3.63, 3.8) is 0 Å². The lowest BCUT2D eigenvalue weighted by atomic mass is 9.95.